The maximum absolute atomic E-state index is 12.5. The van der Waals surface area contributed by atoms with Crippen molar-refractivity contribution in [3.8, 4) is 16.9 Å². The van der Waals surface area contributed by atoms with Crippen molar-refractivity contribution in [2.45, 2.75) is 13.0 Å². The second kappa shape index (κ2) is 6.56. The number of aromatic hydroxyl groups is 1. The number of urea groups is 1. The lowest BCUT2D eigenvalue weighted by Crippen LogP contribution is -2.30. The summed E-state index contributed by atoms with van der Waals surface area (Å²) in [7, 11) is 1.71. The number of phenolic OH excluding ortho intramolecular Hbond substituents is 1. The van der Waals surface area contributed by atoms with Gasteiger partial charge in [-0.1, -0.05) is 48.5 Å². The van der Waals surface area contributed by atoms with Gasteiger partial charge in [0, 0.05) is 18.3 Å². The van der Waals surface area contributed by atoms with Crippen molar-refractivity contribution < 1.29 is 9.90 Å². The molecule has 0 aromatic heterocycles. The summed E-state index contributed by atoms with van der Waals surface area (Å²) in [6.45, 7) is 0.342. The molecule has 0 saturated heterocycles. The zero-order valence-corrected chi connectivity index (χ0v) is 14.6. The van der Waals surface area contributed by atoms with Crippen molar-refractivity contribution in [1.82, 2.24) is 4.90 Å². The van der Waals surface area contributed by atoms with Gasteiger partial charge in [-0.25, -0.2) is 4.79 Å². The molecule has 2 amide bonds. The normalized spacial score (nSPS) is 11.6. The lowest BCUT2D eigenvalue weighted by molar-refractivity contribution is 0.220. The van der Waals surface area contributed by atoms with Gasteiger partial charge in [-0.05, 0) is 46.9 Å². The van der Waals surface area contributed by atoms with Crippen molar-refractivity contribution in [2.24, 2.45) is 0 Å². The van der Waals surface area contributed by atoms with E-state index in [4.69, 9.17) is 0 Å². The molecule has 0 heterocycles. The van der Waals surface area contributed by atoms with Crippen LogP contribution in [0.5, 0.6) is 5.75 Å². The summed E-state index contributed by atoms with van der Waals surface area (Å²) in [5, 5.41) is 12.8. The topological polar surface area (TPSA) is 52.6 Å². The van der Waals surface area contributed by atoms with E-state index in [1.165, 1.54) is 22.3 Å². The minimum atomic E-state index is -0.205. The van der Waals surface area contributed by atoms with Crippen molar-refractivity contribution in [1.29, 1.82) is 0 Å². The fraction of sp³-hybridized carbons (Fsp3) is 0.136. The molecule has 3 aromatic carbocycles. The van der Waals surface area contributed by atoms with E-state index in [0.29, 0.717) is 6.54 Å². The quantitative estimate of drug-likeness (QED) is 0.569. The molecule has 4 heteroatoms. The Morgan fingerprint density at radius 3 is 2.58 bits per heavy atom. The Balaban J connectivity index is 1.47. The number of phenols is 1. The number of amides is 2. The Bertz CT molecular complexity index is 981. The summed E-state index contributed by atoms with van der Waals surface area (Å²) in [4.78, 5) is 14.0. The van der Waals surface area contributed by atoms with E-state index >= 15 is 0 Å². The Morgan fingerprint density at radius 2 is 1.73 bits per heavy atom. The molecule has 4 rings (SSSR count). The van der Waals surface area contributed by atoms with Crippen LogP contribution >= 0.6 is 0 Å². The number of anilines is 1. The highest BCUT2D eigenvalue weighted by Gasteiger charge is 2.19. The van der Waals surface area contributed by atoms with Gasteiger partial charge in [0.25, 0.3) is 0 Å². The number of carbonyl (C=O) groups excluding carboxylic acids is 1. The summed E-state index contributed by atoms with van der Waals surface area (Å²) >= 11 is 0. The van der Waals surface area contributed by atoms with E-state index in [-0.39, 0.29) is 11.8 Å². The number of carbonyl (C=O) groups is 1. The van der Waals surface area contributed by atoms with Gasteiger partial charge >= 0.3 is 6.03 Å². The fourth-order valence-electron chi connectivity index (χ4n) is 3.41. The highest BCUT2D eigenvalue weighted by Crippen LogP contribution is 2.37. The molecule has 0 atom stereocenters. The van der Waals surface area contributed by atoms with Crippen LogP contribution in [-0.2, 0) is 13.0 Å². The standard InChI is InChI=1S/C22H20N2O2/c1-24(14-16-7-3-5-9-21(16)25)22(26)23-18-10-11-20-17(13-18)12-15-6-2-4-8-19(15)20/h2-11,13,25H,12,14H2,1H3,(H,23,26). The Hall–Kier alpha value is -3.27. The molecule has 0 bridgehead atoms. The number of benzene rings is 3. The van der Waals surface area contributed by atoms with Crippen LogP contribution in [0.15, 0.2) is 66.7 Å². The third kappa shape index (κ3) is 3.02. The third-order valence-electron chi connectivity index (χ3n) is 4.79. The van der Waals surface area contributed by atoms with Gasteiger partial charge < -0.3 is 15.3 Å². The van der Waals surface area contributed by atoms with Gasteiger partial charge in [0.05, 0.1) is 6.54 Å². The van der Waals surface area contributed by atoms with Crippen molar-refractivity contribution >= 4 is 11.7 Å². The molecule has 1 aliphatic carbocycles. The summed E-state index contributed by atoms with van der Waals surface area (Å²) in [5.41, 5.74) is 6.56. The molecule has 3 aromatic rings. The SMILES string of the molecule is CN(Cc1ccccc1O)C(=O)Nc1ccc2c(c1)Cc1ccccc1-2. The van der Waals surface area contributed by atoms with Crippen LogP contribution in [0.4, 0.5) is 10.5 Å². The maximum Gasteiger partial charge on any atom is 0.321 e. The number of nitrogens with one attached hydrogen (secondary N) is 1. The zero-order valence-electron chi connectivity index (χ0n) is 14.6. The predicted octanol–water partition coefficient (Wildman–Crippen LogP) is 4.63. The van der Waals surface area contributed by atoms with E-state index in [1.54, 1.807) is 24.1 Å². The molecule has 0 fully saturated rings. The maximum atomic E-state index is 12.5. The molecule has 2 N–H and O–H groups in total. The molecule has 0 unspecified atom stereocenters. The van der Waals surface area contributed by atoms with Crippen molar-refractivity contribution in [3.63, 3.8) is 0 Å². The van der Waals surface area contributed by atoms with Crippen LogP contribution in [0.2, 0.25) is 0 Å². The molecule has 4 nitrogen and oxygen atoms in total. The van der Waals surface area contributed by atoms with Gasteiger partial charge in [0.15, 0.2) is 0 Å². The molecule has 0 saturated carbocycles. The molecule has 0 radical (unpaired) electrons. The second-order valence-electron chi connectivity index (χ2n) is 6.62. The monoisotopic (exact) mass is 344 g/mol. The highest BCUT2D eigenvalue weighted by molar-refractivity contribution is 5.90. The highest BCUT2D eigenvalue weighted by atomic mass is 16.3. The summed E-state index contributed by atoms with van der Waals surface area (Å²) in [6.07, 6.45) is 0.892. The van der Waals surface area contributed by atoms with Crippen LogP contribution < -0.4 is 5.32 Å². The minimum Gasteiger partial charge on any atom is -0.508 e. The Kier molecular flexibility index (Phi) is 4.09. The van der Waals surface area contributed by atoms with Crippen molar-refractivity contribution in [3.05, 3.63) is 83.4 Å². The second-order valence-corrected chi connectivity index (χ2v) is 6.62. The van der Waals surface area contributed by atoms with Gasteiger partial charge in [0.2, 0.25) is 0 Å². The molecule has 26 heavy (non-hydrogen) atoms. The van der Waals surface area contributed by atoms with E-state index in [2.05, 4.69) is 35.6 Å². The van der Waals surface area contributed by atoms with Crippen LogP contribution in [0.1, 0.15) is 16.7 Å². The largest absolute Gasteiger partial charge is 0.508 e. The number of rotatable bonds is 3. The molecule has 1 aliphatic rings. The van der Waals surface area contributed by atoms with Gasteiger partial charge in [-0.15, -0.1) is 0 Å². The van der Waals surface area contributed by atoms with Gasteiger partial charge in [0.1, 0.15) is 5.75 Å². The molecule has 130 valence electrons. The fourth-order valence-corrected chi connectivity index (χ4v) is 3.41. The van der Waals surface area contributed by atoms with E-state index < -0.39 is 0 Å². The number of para-hydroxylation sites is 1. The van der Waals surface area contributed by atoms with E-state index in [1.807, 2.05) is 24.3 Å². The smallest absolute Gasteiger partial charge is 0.321 e. The molecule has 0 spiro atoms. The van der Waals surface area contributed by atoms with E-state index in [9.17, 15) is 9.90 Å². The van der Waals surface area contributed by atoms with Crippen LogP contribution in [-0.4, -0.2) is 23.1 Å². The number of hydrogen-bond donors (Lipinski definition) is 2. The first-order valence-electron chi connectivity index (χ1n) is 8.62. The summed E-state index contributed by atoms with van der Waals surface area (Å²) in [5.74, 6) is 0.197. The lowest BCUT2D eigenvalue weighted by Gasteiger charge is -2.19. The third-order valence-corrected chi connectivity index (χ3v) is 4.79. The molecular formula is C22H20N2O2. The molecule has 0 aliphatic heterocycles. The van der Waals surface area contributed by atoms with Gasteiger partial charge in [-0.2, -0.15) is 0 Å². The average Bonchev–Trinajstić information content (AvgIpc) is 3.01. The Morgan fingerprint density at radius 1 is 1.00 bits per heavy atom. The first-order chi connectivity index (χ1) is 12.6. The molecular weight excluding hydrogens is 324 g/mol. The van der Waals surface area contributed by atoms with E-state index in [0.717, 1.165) is 17.7 Å². The summed E-state index contributed by atoms with van der Waals surface area (Å²) < 4.78 is 0. The first kappa shape index (κ1) is 16.2. The number of fused-ring (bicyclic) bond motifs is 3. The number of hydrogen-bond acceptors (Lipinski definition) is 2. The van der Waals surface area contributed by atoms with Gasteiger partial charge in [-0.3, -0.25) is 0 Å². The van der Waals surface area contributed by atoms with Crippen molar-refractivity contribution in [2.75, 3.05) is 12.4 Å². The average molecular weight is 344 g/mol. The predicted molar refractivity (Wildman–Crippen MR) is 103 cm³/mol. The first-order valence-corrected chi connectivity index (χ1v) is 8.62. The zero-order chi connectivity index (χ0) is 18.1. The number of nitrogens with zero attached hydrogens (tertiary/aromatic N) is 1. The van der Waals surface area contributed by atoms with Crippen LogP contribution in [0, 0.1) is 0 Å². The minimum absolute atomic E-state index is 0.197. The Labute approximate surface area is 152 Å². The summed E-state index contributed by atoms with van der Waals surface area (Å²) in [6, 6.07) is 21.3. The lowest BCUT2D eigenvalue weighted by atomic mass is 10.1. The van der Waals surface area contributed by atoms with Crippen LogP contribution in [0.25, 0.3) is 11.1 Å². The van der Waals surface area contributed by atoms with Crippen LogP contribution in [0.3, 0.4) is 0 Å².